The van der Waals surface area contributed by atoms with Gasteiger partial charge in [-0.2, -0.15) is 8.78 Å². The maximum Gasteiger partial charge on any atom is 0.407 e. The van der Waals surface area contributed by atoms with Crippen molar-refractivity contribution >= 4 is 12.1 Å². The maximum atomic E-state index is 13.8. The van der Waals surface area contributed by atoms with Crippen molar-refractivity contribution in [1.82, 2.24) is 5.32 Å². The molecule has 1 aliphatic carbocycles. The fourth-order valence-electron chi connectivity index (χ4n) is 4.61. The number of hydrogen-bond acceptors (Lipinski definition) is 5. The third-order valence-electron chi connectivity index (χ3n) is 6.49. The Balaban J connectivity index is 1.19. The highest BCUT2D eigenvalue weighted by atomic mass is 19.2. The monoisotopic (exact) mass is 555 g/mol. The average molecular weight is 555 g/mol. The number of carboxylic acids is 1. The fraction of sp³-hybridized carbons (Fsp3) is 0.172. The Labute approximate surface area is 225 Å². The van der Waals surface area contributed by atoms with Crippen LogP contribution < -0.4 is 10.1 Å². The van der Waals surface area contributed by atoms with Gasteiger partial charge in [-0.3, -0.25) is 0 Å². The Morgan fingerprint density at radius 3 is 2.05 bits per heavy atom. The average Bonchev–Trinajstić information content (AvgIpc) is 3.52. The van der Waals surface area contributed by atoms with E-state index in [9.17, 15) is 32.3 Å². The van der Waals surface area contributed by atoms with Crippen LogP contribution in [0.3, 0.4) is 0 Å². The first-order valence-corrected chi connectivity index (χ1v) is 12.1. The third-order valence-corrected chi connectivity index (χ3v) is 6.49. The van der Waals surface area contributed by atoms with Crippen molar-refractivity contribution in [3.63, 3.8) is 0 Å². The summed E-state index contributed by atoms with van der Waals surface area (Å²) in [5, 5.41) is 11.9. The molecule has 0 aliphatic heterocycles. The van der Waals surface area contributed by atoms with Crippen LogP contribution in [0.2, 0.25) is 0 Å². The lowest BCUT2D eigenvalue weighted by molar-refractivity contribution is -0.139. The Bertz CT molecular complexity index is 1510. The van der Waals surface area contributed by atoms with E-state index in [-0.39, 0.29) is 36.5 Å². The van der Waals surface area contributed by atoms with Gasteiger partial charge < -0.3 is 24.3 Å². The number of furan rings is 1. The number of carbonyl (C=O) groups is 2. The molecule has 206 valence electrons. The van der Waals surface area contributed by atoms with E-state index < -0.39 is 53.7 Å². The molecule has 1 atom stereocenters. The minimum atomic E-state index is -1.70. The number of hydrogen-bond donors (Lipinski definition) is 2. The van der Waals surface area contributed by atoms with Gasteiger partial charge >= 0.3 is 12.1 Å². The molecule has 0 saturated carbocycles. The molecule has 11 heteroatoms. The molecule has 1 amide bonds. The molecule has 1 aliphatic rings. The summed E-state index contributed by atoms with van der Waals surface area (Å²) in [7, 11) is 0. The summed E-state index contributed by atoms with van der Waals surface area (Å²) in [5.41, 5.74) is 4.08. The summed E-state index contributed by atoms with van der Waals surface area (Å²) in [6.45, 7) is -0.615. The zero-order valence-corrected chi connectivity index (χ0v) is 20.6. The summed E-state index contributed by atoms with van der Waals surface area (Å²) in [6, 6.07) is 16.8. The van der Waals surface area contributed by atoms with Gasteiger partial charge in [0, 0.05) is 18.4 Å². The Morgan fingerprint density at radius 1 is 0.875 bits per heavy atom. The normalized spacial score (nSPS) is 12.9. The smallest absolute Gasteiger partial charge is 0.407 e. The number of halogens is 4. The lowest BCUT2D eigenvalue weighted by atomic mass is 9.98. The highest BCUT2D eigenvalue weighted by Gasteiger charge is 2.30. The van der Waals surface area contributed by atoms with Gasteiger partial charge in [-0.1, -0.05) is 48.5 Å². The van der Waals surface area contributed by atoms with Crippen LogP contribution in [0.1, 0.15) is 28.6 Å². The summed E-state index contributed by atoms with van der Waals surface area (Å²) in [5.74, 6) is -9.41. The highest BCUT2D eigenvalue weighted by molar-refractivity contribution is 5.81. The van der Waals surface area contributed by atoms with Crippen molar-refractivity contribution in [3.05, 3.63) is 113 Å². The van der Waals surface area contributed by atoms with Crippen LogP contribution in [0.5, 0.6) is 5.75 Å². The van der Waals surface area contributed by atoms with Crippen LogP contribution in [0.25, 0.3) is 11.1 Å². The summed E-state index contributed by atoms with van der Waals surface area (Å²) >= 11 is 0. The first-order valence-electron chi connectivity index (χ1n) is 12.1. The molecule has 2 N–H and O–H groups in total. The molecule has 0 saturated heterocycles. The molecular formula is C29H21F4NO6. The van der Waals surface area contributed by atoms with Crippen LogP contribution in [-0.4, -0.2) is 29.8 Å². The second-order valence-electron chi connectivity index (χ2n) is 9.02. The van der Waals surface area contributed by atoms with Crippen LogP contribution in [0.4, 0.5) is 22.4 Å². The molecule has 40 heavy (non-hydrogen) atoms. The van der Waals surface area contributed by atoms with E-state index in [1.165, 1.54) is 12.1 Å². The standard InChI is InChI=1S/C29H21F4NO6/c30-22-12-23(31)26(33)27(25(22)32)38-13-16-10-9-15(40-16)11-24(28(35)36)34-29(37)39-14-21-19-7-3-1-5-17(19)18-6-2-4-8-20(18)21/h1-10,12,21,24H,11,13-14H2,(H,34,37)(H,35,36). The molecule has 5 rings (SSSR count). The van der Waals surface area contributed by atoms with Gasteiger partial charge in [0.05, 0.1) is 0 Å². The van der Waals surface area contributed by atoms with Crippen molar-refractivity contribution in [2.24, 2.45) is 0 Å². The minimum absolute atomic E-state index is 0.0104. The van der Waals surface area contributed by atoms with Crippen LogP contribution in [0, 0.1) is 23.3 Å². The van der Waals surface area contributed by atoms with Crippen LogP contribution in [0.15, 0.2) is 71.1 Å². The molecule has 1 unspecified atom stereocenters. The lowest BCUT2D eigenvalue weighted by Crippen LogP contribution is -2.42. The predicted molar refractivity (Wildman–Crippen MR) is 133 cm³/mol. The number of ether oxygens (including phenoxy) is 2. The van der Waals surface area contributed by atoms with E-state index in [2.05, 4.69) is 5.32 Å². The van der Waals surface area contributed by atoms with E-state index in [0.717, 1.165) is 22.3 Å². The zero-order valence-electron chi connectivity index (χ0n) is 20.6. The van der Waals surface area contributed by atoms with Gasteiger partial charge in [0.1, 0.15) is 30.8 Å². The molecule has 7 nitrogen and oxygen atoms in total. The number of aliphatic carboxylic acids is 1. The van der Waals surface area contributed by atoms with Gasteiger partial charge in [-0.25, -0.2) is 18.4 Å². The van der Waals surface area contributed by atoms with E-state index in [0.29, 0.717) is 0 Å². The number of benzene rings is 3. The van der Waals surface area contributed by atoms with E-state index in [1.807, 2.05) is 48.5 Å². The van der Waals surface area contributed by atoms with Crippen molar-refractivity contribution < 1.29 is 46.1 Å². The third kappa shape index (κ3) is 5.35. The van der Waals surface area contributed by atoms with Gasteiger partial charge in [0.25, 0.3) is 0 Å². The molecule has 0 bridgehead atoms. The van der Waals surface area contributed by atoms with E-state index in [1.54, 1.807) is 0 Å². The molecule has 0 radical (unpaired) electrons. The number of amides is 1. The van der Waals surface area contributed by atoms with E-state index in [4.69, 9.17) is 13.9 Å². The lowest BCUT2D eigenvalue weighted by Gasteiger charge is -2.17. The molecule has 1 heterocycles. The first kappa shape index (κ1) is 26.8. The molecule has 3 aromatic carbocycles. The van der Waals surface area contributed by atoms with Crippen molar-refractivity contribution in [1.29, 1.82) is 0 Å². The van der Waals surface area contributed by atoms with Gasteiger partial charge in [0.15, 0.2) is 17.4 Å². The zero-order chi connectivity index (χ0) is 28.4. The highest BCUT2D eigenvalue weighted by Crippen LogP contribution is 2.44. The number of carbonyl (C=O) groups excluding carboxylic acids is 1. The molecular weight excluding hydrogens is 534 g/mol. The Kier molecular flexibility index (Phi) is 7.45. The summed E-state index contributed by atoms with van der Waals surface area (Å²) in [4.78, 5) is 24.3. The van der Waals surface area contributed by atoms with E-state index >= 15 is 0 Å². The molecule has 0 spiro atoms. The van der Waals surface area contributed by atoms with Gasteiger partial charge in [0.2, 0.25) is 11.6 Å². The first-order chi connectivity index (χ1) is 19.2. The van der Waals surface area contributed by atoms with Crippen molar-refractivity contribution in [2.75, 3.05) is 6.61 Å². The Hall–Kier alpha value is -4.80. The molecule has 1 aromatic heterocycles. The number of rotatable bonds is 9. The second kappa shape index (κ2) is 11.1. The number of nitrogens with one attached hydrogen (secondary N) is 1. The Morgan fingerprint density at radius 2 is 1.45 bits per heavy atom. The van der Waals surface area contributed by atoms with Gasteiger partial charge in [-0.05, 0) is 34.4 Å². The van der Waals surface area contributed by atoms with Crippen molar-refractivity contribution in [3.8, 4) is 16.9 Å². The molecule has 4 aromatic rings. The summed E-state index contributed by atoms with van der Waals surface area (Å²) < 4.78 is 70.0. The molecule has 0 fully saturated rings. The van der Waals surface area contributed by atoms with Crippen molar-refractivity contribution in [2.45, 2.75) is 25.0 Å². The number of fused-ring (bicyclic) bond motifs is 3. The largest absolute Gasteiger partial charge is 0.480 e. The van der Waals surface area contributed by atoms with Crippen LogP contribution >= 0.6 is 0 Å². The number of alkyl carbamates (subject to hydrolysis) is 1. The topological polar surface area (TPSA) is 98.0 Å². The quantitative estimate of drug-likeness (QED) is 0.196. The van der Waals surface area contributed by atoms with Gasteiger partial charge in [-0.15, -0.1) is 0 Å². The van der Waals surface area contributed by atoms with Crippen LogP contribution in [-0.2, 0) is 22.6 Å². The SMILES string of the molecule is O=C(NC(Cc1ccc(COc2c(F)c(F)cc(F)c2F)o1)C(=O)O)OCC1c2ccccc2-c2ccccc21. The summed E-state index contributed by atoms with van der Waals surface area (Å²) in [6.07, 6.45) is -1.24. The fourth-order valence-corrected chi connectivity index (χ4v) is 4.61. The number of carboxylic acid groups (broad SMARTS) is 1. The minimum Gasteiger partial charge on any atom is -0.480 e. The predicted octanol–water partition coefficient (Wildman–Crippen LogP) is 5.95. The maximum absolute atomic E-state index is 13.8. The second-order valence-corrected chi connectivity index (χ2v) is 9.02.